The van der Waals surface area contributed by atoms with Crippen molar-refractivity contribution in [3.8, 4) is 0 Å². The zero-order chi connectivity index (χ0) is 15.7. The van der Waals surface area contributed by atoms with E-state index in [0.29, 0.717) is 0 Å². The molecule has 0 saturated heterocycles. The Bertz CT molecular complexity index is 1280. The molecule has 0 nitrogen and oxygen atoms in total. The molecule has 0 heterocycles. The lowest BCUT2D eigenvalue weighted by molar-refractivity contribution is 1.78. The third kappa shape index (κ3) is 1.43. The van der Waals surface area contributed by atoms with Crippen LogP contribution >= 0.6 is 0 Å². The second-order valence-electron chi connectivity index (χ2n) is 6.62. The van der Waals surface area contributed by atoms with Crippen molar-refractivity contribution in [3.05, 3.63) is 84.9 Å². The molecule has 6 aromatic carbocycles. The van der Waals surface area contributed by atoms with Crippen LogP contribution in [0.5, 0.6) is 0 Å². The van der Waals surface area contributed by atoms with Gasteiger partial charge in [0.05, 0.1) is 0 Å². The minimum Gasteiger partial charge on any atom is -0.0616 e. The summed E-state index contributed by atoms with van der Waals surface area (Å²) in [7, 11) is 0. The van der Waals surface area contributed by atoms with Crippen LogP contribution in [0.25, 0.3) is 53.9 Å². The number of hydrogen-bond donors (Lipinski definition) is 0. The van der Waals surface area contributed by atoms with Gasteiger partial charge in [-0.2, -0.15) is 0 Å². The highest BCUT2D eigenvalue weighted by Gasteiger charge is 2.12. The second-order valence-corrected chi connectivity index (χ2v) is 6.62. The van der Waals surface area contributed by atoms with Gasteiger partial charge in [0, 0.05) is 0 Å². The zero-order valence-electron chi connectivity index (χ0n) is 13.1. The van der Waals surface area contributed by atoms with Crippen LogP contribution < -0.4 is 0 Å². The maximum Gasteiger partial charge on any atom is -0.00201 e. The maximum absolute atomic E-state index is 2.33. The molecule has 0 aliphatic rings. The van der Waals surface area contributed by atoms with Crippen LogP contribution in [-0.2, 0) is 0 Å². The maximum atomic E-state index is 2.33. The number of rotatable bonds is 0. The highest BCUT2D eigenvalue weighted by Crippen LogP contribution is 2.40. The summed E-state index contributed by atoms with van der Waals surface area (Å²) in [6.45, 7) is 0. The van der Waals surface area contributed by atoms with Gasteiger partial charge in [0.25, 0.3) is 0 Å². The minimum atomic E-state index is 1.31. The third-order valence-electron chi connectivity index (χ3n) is 5.35. The van der Waals surface area contributed by atoms with Crippen LogP contribution in [-0.4, -0.2) is 0 Å². The third-order valence-corrected chi connectivity index (χ3v) is 5.35. The molecule has 0 aliphatic carbocycles. The van der Waals surface area contributed by atoms with Gasteiger partial charge in [0.2, 0.25) is 0 Å². The highest BCUT2D eigenvalue weighted by atomic mass is 14.2. The van der Waals surface area contributed by atoms with Gasteiger partial charge >= 0.3 is 0 Å². The van der Waals surface area contributed by atoms with Crippen molar-refractivity contribution >= 4 is 53.9 Å². The van der Waals surface area contributed by atoms with Gasteiger partial charge in [0.15, 0.2) is 0 Å². The number of benzene rings is 6. The van der Waals surface area contributed by atoms with Crippen molar-refractivity contribution in [2.75, 3.05) is 0 Å². The standard InChI is InChI=1S/C24H14/c1-3-7-19-15(5-1)13-17-9-10-18-14-16-6-2-4-8-20(16)22-12-11-21(19)23(17)24(18)22/h1-14H. The van der Waals surface area contributed by atoms with Crippen molar-refractivity contribution in [3.63, 3.8) is 0 Å². The Labute approximate surface area is 139 Å². The van der Waals surface area contributed by atoms with Gasteiger partial charge < -0.3 is 0 Å². The fourth-order valence-electron chi connectivity index (χ4n) is 4.31. The molecule has 6 aromatic rings. The molecule has 0 aliphatic heterocycles. The molecule has 0 amide bonds. The van der Waals surface area contributed by atoms with E-state index in [2.05, 4.69) is 84.9 Å². The smallest absolute Gasteiger partial charge is 0.00201 e. The Morgan fingerprint density at radius 2 is 0.792 bits per heavy atom. The van der Waals surface area contributed by atoms with E-state index >= 15 is 0 Å². The van der Waals surface area contributed by atoms with Crippen LogP contribution in [0.2, 0.25) is 0 Å². The van der Waals surface area contributed by atoms with Gasteiger partial charge in [0.1, 0.15) is 0 Å². The first-order valence-corrected chi connectivity index (χ1v) is 8.38. The lowest BCUT2D eigenvalue weighted by Crippen LogP contribution is -1.87. The van der Waals surface area contributed by atoms with Crippen LogP contribution in [0.1, 0.15) is 0 Å². The predicted molar refractivity (Wildman–Crippen MR) is 105 cm³/mol. The quantitative estimate of drug-likeness (QED) is 0.212. The molecule has 0 N–H and O–H groups in total. The minimum absolute atomic E-state index is 1.31. The summed E-state index contributed by atoms with van der Waals surface area (Å²) in [5.41, 5.74) is 0. The van der Waals surface area contributed by atoms with E-state index in [9.17, 15) is 0 Å². The number of fused-ring (bicyclic) bond motifs is 4. The van der Waals surface area contributed by atoms with Gasteiger partial charge in [-0.05, 0) is 66.0 Å². The average Bonchev–Trinajstić information content (AvgIpc) is 2.65. The summed E-state index contributed by atoms with van der Waals surface area (Å²) in [4.78, 5) is 0. The molecule has 0 saturated carbocycles. The van der Waals surface area contributed by atoms with Crippen molar-refractivity contribution in [2.45, 2.75) is 0 Å². The van der Waals surface area contributed by atoms with E-state index in [-0.39, 0.29) is 0 Å². The van der Waals surface area contributed by atoms with Crippen molar-refractivity contribution in [1.29, 1.82) is 0 Å². The van der Waals surface area contributed by atoms with Gasteiger partial charge in [-0.1, -0.05) is 72.8 Å². The van der Waals surface area contributed by atoms with E-state index in [0.717, 1.165) is 0 Å². The van der Waals surface area contributed by atoms with Crippen molar-refractivity contribution in [1.82, 2.24) is 0 Å². The highest BCUT2D eigenvalue weighted by molar-refractivity contribution is 6.32. The fraction of sp³-hybridized carbons (Fsp3) is 0. The lowest BCUT2D eigenvalue weighted by Gasteiger charge is -2.14. The lowest BCUT2D eigenvalue weighted by atomic mass is 9.89. The summed E-state index contributed by atoms with van der Waals surface area (Å²) in [6, 6.07) is 31.2. The molecule has 0 spiro atoms. The summed E-state index contributed by atoms with van der Waals surface area (Å²) in [5, 5.41) is 13.5. The van der Waals surface area contributed by atoms with Crippen molar-refractivity contribution in [2.24, 2.45) is 0 Å². The molecule has 0 atom stereocenters. The molecule has 0 radical (unpaired) electrons. The second kappa shape index (κ2) is 4.24. The van der Waals surface area contributed by atoms with Gasteiger partial charge in [-0.3, -0.25) is 0 Å². The van der Waals surface area contributed by atoms with E-state index in [4.69, 9.17) is 0 Å². The Morgan fingerprint density at radius 3 is 1.29 bits per heavy atom. The van der Waals surface area contributed by atoms with E-state index in [1.54, 1.807) is 0 Å². The Balaban J connectivity index is 2.00. The average molecular weight is 302 g/mol. The molecule has 0 heteroatoms. The SMILES string of the molecule is c1ccc2c(c1)cc1ccc3cc4ccccc4c4ccc2c1c34. The molecule has 24 heavy (non-hydrogen) atoms. The zero-order valence-corrected chi connectivity index (χ0v) is 13.1. The van der Waals surface area contributed by atoms with E-state index in [1.165, 1.54) is 53.9 Å². The monoisotopic (exact) mass is 302 g/mol. The van der Waals surface area contributed by atoms with Crippen molar-refractivity contribution < 1.29 is 0 Å². The molecule has 0 aromatic heterocycles. The van der Waals surface area contributed by atoms with Crippen LogP contribution in [0, 0.1) is 0 Å². The summed E-state index contributed by atoms with van der Waals surface area (Å²) in [6.07, 6.45) is 0. The summed E-state index contributed by atoms with van der Waals surface area (Å²) < 4.78 is 0. The first-order chi connectivity index (χ1) is 11.9. The van der Waals surface area contributed by atoms with Crippen LogP contribution in [0.4, 0.5) is 0 Å². The molecular weight excluding hydrogens is 288 g/mol. The Kier molecular flexibility index (Phi) is 2.18. The van der Waals surface area contributed by atoms with E-state index in [1.807, 2.05) is 0 Å². The number of hydrogen-bond acceptors (Lipinski definition) is 0. The predicted octanol–water partition coefficient (Wildman–Crippen LogP) is 6.89. The molecule has 0 bridgehead atoms. The molecule has 0 unspecified atom stereocenters. The largest absolute Gasteiger partial charge is 0.0616 e. The Hall–Kier alpha value is -3.12. The first kappa shape index (κ1) is 12.3. The fourth-order valence-corrected chi connectivity index (χ4v) is 4.31. The van der Waals surface area contributed by atoms with E-state index < -0.39 is 0 Å². The summed E-state index contributed by atoms with van der Waals surface area (Å²) in [5.74, 6) is 0. The molecule has 0 fully saturated rings. The topological polar surface area (TPSA) is 0 Å². The molecule has 6 rings (SSSR count). The van der Waals surface area contributed by atoms with Crippen LogP contribution in [0.15, 0.2) is 84.9 Å². The summed E-state index contributed by atoms with van der Waals surface area (Å²) >= 11 is 0. The van der Waals surface area contributed by atoms with Gasteiger partial charge in [-0.25, -0.2) is 0 Å². The van der Waals surface area contributed by atoms with Crippen LogP contribution in [0.3, 0.4) is 0 Å². The Morgan fingerprint density at radius 1 is 0.333 bits per heavy atom. The first-order valence-electron chi connectivity index (χ1n) is 8.38. The normalized spacial score (nSPS) is 12.2. The van der Waals surface area contributed by atoms with Gasteiger partial charge in [-0.15, -0.1) is 0 Å². The molecule has 110 valence electrons. The molecular formula is C24H14.